The molecule has 3 N–H and O–H groups in total. The monoisotopic (exact) mass is 204 g/mol. The lowest BCUT2D eigenvalue weighted by Crippen LogP contribution is -2.11. The molecule has 1 aromatic carbocycles. The highest BCUT2D eigenvalue weighted by Crippen LogP contribution is 2.27. The van der Waals surface area contributed by atoms with Crippen molar-refractivity contribution >= 4 is 11.6 Å². The predicted octanol–water partition coefficient (Wildman–Crippen LogP) is 1.54. The number of fused-ring (bicyclic) bond motifs is 1. The zero-order valence-electron chi connectivity index (χ0n) is 8.70. The summed E-state index contributed by atoms with van der Waals surface area (Å²) in [4.78, 5) is 9.98. The molecule has 1 aliphatic heterocycles. The van der Waals surface area contributed by atoms with Crippen LogP contribution in [0.1, 0.15) is 18.4 Å². The highest BCUT2D eigenvalue weighted by atomic mass is 16.1. The molecule has 0 unspecified atom stereocenters. The van der Waals surface area contributed by atoms with Crippen molar-refractivity contribution in [2.75, 3.05) is 11.9 Å². The molecule has 15 heavy (non-hydrogen) atoms. The zero-order valence-corrected chi connectivity index (χ0v) is 8.70. The molecule has 1 aliphatic carbocycles. The van der Waals surface area contributed by atoms with E-state index in [-0.39, 0.29) is 11.8 Å². The van der Waals surface area contributed by atoms with Gasteiger partial charge in [-0.1, -0.05) is 18.2 Å². The van der Waals surface area contributed by atoms with Crippen LogP contribution in [-0.2, 0) is 11.2 Å². The topological polar surface area (TPSA) is 55.1 Å². The van der Waals surface area contributed by atoms with Gasteiger partial charge in [0, 0.05) is 18.2 Å². The van der Waals surface area contributed by atoms with Gasteiger partial charge in [0.1, 0.15) is 0 Å². The number of hydrogen-bond acceptors (Lipinski definition) is 2. The van der Waals surface area contributed by atoms with Gasteiger partial charge in [-0.05, 0) is 30.9 Å². The number of carbonyl (C=O) groups excluding carboxylic acids is 1. The van der Waals surface area contributed by atoms with Gasteiger partial charge in [-0.2, -0.15) is 0 Å². The molecule has 1 aromatic rings. The van der Waals surface area contributed by atoms with Crippen molar-refractivity contribution in [3.63, 3.8) is 0 Å². The molecule has 0 bridgehead atoms. The first-order valence-corrected chi connectivity index (χ1v) is 5.38. The van der Waals surface area contributed by atoms with Crippen LogP contribution in [-0.4, -0.2) is 12.5 Å². The normalized spacial score (nSPS) is 17.1. The third-order valence-corrected chi connectivity index (χ3v) is 2.71. The van der Waals surface area contributed by atoms with Crippen LogP contribution < -0.4 is 11.1 Å². The van der Waals surface area contributed by atoms with Gasteiger partial charge in [0.15, 0.2) is 0 Å². The van der Waals surface area contributed by atoms with Crippen LogP contribution in [0.25, 0.3) is 0 Å². The summed E-state index contributed by atoms with van der Waals surface area (Å²) >= 11 is 0. The number of rotatable bonds is 1. The molecule has 80 valence electrons. The van der Waals surface area contributed by atoms with Crippen LogP contribution in [0.5, 0.6) is 0 Å². The molecule has 1 heterocycles. The number of nitrogens with two attached hydrogens (primary N) is 1. The molecule has 1 saturated carbocycles. The molecule has 3 rings (SSSR count). The molecule has 0 radical (unpaired) electrons. The number of benzene rings is 1. The average Bonchev–Trinajstić information content (AvgIpc) is 2.98. The van der Waals surface area contributed by atoms with Gasteiger partial charge in [-0.3, -0.25) is 4.79 Å². The van der Waals surface area contributed by atoms with E-state index in [9.17, 15) is 4.79 Å². The van der Waals surface area contributed by atoms with Gasteiger partial charge < -0.3 is 11.1 Å². The molecule has 2 aliphatic rings. The van der Waals surface area contributed by atoms with Crippen molar-refractivity contribution in [2.24, 2.45) is 11.7 Å². The van der Waals surface area contributed by atoms with Crippen LogP contribution >= 0.6 is 0 Å². The SMILES string of the molecule is NC(=O)C1CC1.c1ccc2c(c1)CCN2. The average molecular weight is 204 g/mol. The Hall–Kier alpha value is -1.51. The quantitative estimate of drug-likeness (QED) is 0.729. The summed E-state index contributed by atoms with van der Waals surface area (Å²) in [7, 11) is 0. The van der Waals surface area contributed by atoms with E-state index in [2.05, 4.69) is 29.6 Å². The number of primary amides is 1. The summed E-state index contributed by atoms with van der Waals surface area (Å²) in [6, 6.07) is 8.46. The summed E-state index contributed by atoms with van der Waals surface area (Å²) in [5, 5.41) is 3.30. The first kappa shape index (κ1) is 10.0. The lowest BCUT2D eigenvalue weighted by Gasteiger charge is -1.94. The van der Waals surface area contributed by atoms with Crippen molar-refractivity contribution in [3.8, 4) is 0 Å². The lowest BCUT2D eigenvalue weighted by molar-refractivity contribution is -0.119. The number of amides is 1. The van der Waals surface area contributed by atoms with Gasteiger partial charge in [0.25, 0.3) is 0 Å². The molecule has 3 heteroatoms. The first-order chi connectivity index (χ1) is 7.27. The van der Waals surface area contributed by atoms with E-state index < -0.39 is 0 Å². The lowest BCUT2D eigenvalue weighted by atomic mass is 10.2. The Balaban J connectivity index is 0.000000124. The Labute approximate surface area is 89.7 Å². The second kappa shape index (κ2) is 4.34. The molecule has 0 saturated heterocycles. The van der Waals surface area contributed by atoms with Crippen molar-refractivity contribution in [2.45, 2.75) is 19.3 Å². The van der Waals surface area contributed by atoms with E-state index in [1.807, 2.05) is 0 Å². The molecule has 0 atom stereocenters. The number of anilines is 1. The van der Waals surface area contributed by atoms with Gasteiger partial charge in [-0.15, -0.1) is 0 Å². The van der Waals surface area contributed by atoms with Crippen LogP contribution in [0, 0.1) is 5.92 Å². The van der Waals surface area contributed by atoms with E-state index in [1.54, 1.807) is 0 Å². The van der Waals surface area contributed by atoms with E-state index in [4.69, 9.17) is 5.73 Å². The zero-order chi connectivity index (χ0) is 10.7. The maximum absolute atomic E-state index is 9.98. The molecule has 3 nitrogen and oxygen atoms in total. The second-order valence-corrected chi connectivity index (χ2v) is 4.01. The summed E-state index contributed by atoms with van der Waals surface area (Å²) in [6.45, 7) is 1.11. The minimum absolute atomic E-state index is 0.130. The van der Waals surface area contributed by atoms with Crippen LogP contribution in [0.4, 0.5) is 5.69 Å². The molecule has 1 fully saturated rings. The Morgan fingerprint density at radius 1 is 1.33 bits per heavy atom. The molecular weight excluding hydrogens is 188 g/mol. The largest absolute Gasteiger partial charge is 0.384 e. The van der Waals surface area contributed by atoms with E-state index in [0.717, 1.165) is 19.4 Å². The standard InChI is InChI=1S/C8H9N.C4H7NO/c1-2-4-8-7(3-1)5-6-9-8;5-4(6)3-1-2-3/h1-4,9H,5-6H2;3H,1-2H2,(H2,5,6). The minimum atomic E-state index is -0.130. The summed E-state index contributed by atoms with van der Waals surface area (Å²) in [5.41, 5.74) is 7.63. The van der Waals surface area contributed by atoms with Crippen LogP contribution in [0.3, 0.4) is 0 Å². The molecule has 0 spiro atoms. The highest BCUT2D eigenvalue weighted by Gasteiger charge is 2.26. The fourth-order valence-corrected chi connectivity index (χ4v) is 1.61. The third-order valence-electron chi connectivity index (χ3n) is 2.71. The number of carbonyl (C=O) groups is 1. The molecular formula is C12H16N2O. The molecule has 0 aromatic heterocycles. The second-order valence-electron chi connectivity index (χ2n) is 4.01. The van der Waals surface area contributed by atoms with Gasteiger partial charge in [0.2, 0.25) is 5.91 Å². The highest BCUT2D eigenvalue weighted by molar-refractivity contribution is 5.78. The number of para-hydroxylation sites is 1. The smallest absolute Gasteiger partial charge is 0.220 e. The van der Waals surface area contributed by atoms with E-state index in [0.29, 0.717) is 0 Å². The number of nitrogens with one attached hydrogen (secondary N) is 1. The summed E-state index contributed by atoms with van der Waals surface area (Å²) in [5.74, 6) is 0.111. The molecule has 1 amide bonds. The maximum atomic E-state index is 9.98. The van der Waals surface area contributed by atoms with E-state index >= 15 is 0 Å². The Bertz CT molecular complexity index is 335. The van der Waals surface area contributed by atoms with Crippen molar-refractivity contribution < 1.29 is 4.79 Å². The van der Waals surface area contributed by atoms with Gasteiger partial charge in [0.05, 0.1) is 0 Å². The van der Waals surface area contributed by atoms with Crippen LogP contribution in [0.15, 0.2) is 24.3 Å². The van der Waals surface area contributed by atoms with Gasteiger partial charge in [-0.25, -0.2) is 0 Å². The Morgan fingerprint density at radius 3 is 2.60 bits per heavy atom. The third kappa shape index (κ3) is 2.72. The fourth-order valence-electron chi connectivity index (χ4n) is 1.61. The Kier molecular flexibility index (Phi) is 2.90. The van der Waals surface area contributed by atoms with Crippen molar-refractivity contribution in [3.05, 3.63) is 29.8 Å². The first-order valence-electron chi connectivity index (χ1n) is 5.38. The number of hydrogen-bond donors (Lipinski definition) is 2. The summed E-state index contributed by atoms with van der Waals surface area (Å²) < 4.78 is 0. The fraction of sp³-hybridized carbons (Fsp3) is 0.417. The maximum Gasteiger partial charge on any atom is 0.220 e. The Morgan fingerprint density at radius 2 is 2.07 bits per heavy atom. The summed E-state index contributed by atoms with van der Waals surface area (Å²) in [6.07, 6.45) is 3.24. The minimum Gasteiger partial charge on any atom is -0.384 e. The van der Waals surface area contributed by atoms with Gasteiger partial charge >= 0.3 is 0 Å². The van der Waals surface area contributed by atoms with Crippen LogP contribution in [0.2, 0.25) is 0 Å². The van der Waals surface area contributed by atoms with Crippen molar-refractivity contribution in [1.29, 1.82) is 0 Å². The van der Waals surface area contributed by atoms with E-state index in [1.165, 1.54) is 17.7 Å². The van der Waals surface area contributed by atoms with Crippen molar-refractivity contribution in [1.82, 2.24) is 0 Å². The predicted molar refractivity (Wildman–Crippen MR) is 60.6 cm³/mol.